The molecular weight excluding hydrogens is 326 g/mol. The van der Waals surface area contributed by atoms with Crippen LogP contribution in [0.15, 0.2) is 41.2 Å². The number of para-hydroxylation sites is 2. The van der Waals surface area contributed by atoms with Crippen LogP contribution in [0.2, 0.25) is 0 Å². The maximum absolute atomic E-state index is 12.8. The fourth-order valence-corrected chi connectivity index (χ4v) is 3.32. The molecule has 0 saturated heterocycles. The Morgan fingerprint density at radius 3 is 2.38 bits per heavy atom. The maximum Gasteiger partial charge on any atom is 0.253 e. The van der Waals surface area contributed by atoms with Crippen molar-refractivity contribution in [2.24, 2.45) is 0 Å². The number of nitrogens with zero attached hydrogens (tertiary/aromatic N) is 1. The van der Waals surface area contributed by atoms with E-state index in [4.69, 9.17) is 0 Å². The Bertz CT molecular complexity index is 1000. The molecular formula is C21H25N3O2. The Morgan fingerprint density at radius 1 is 1.04 bits per heavy atom. The van der Waals surface area contributed by atoms with Gasteiger partial charge in [-0.25, -0.2) is 0 Å². The second-order valence-electron chi connectivity index (χ2n) is 6.46. The first-order valence-corrected chi connectivity index (χ1v) is 9.11. The molecule has 0 aliphatic carbocycles. The van der Waals surface area contributed by atoms with Gasteiger partial charge < -0.3 is 15.2 Å². The fraction of sp³-hybridized carbons (Fsp3) is 0.333. The minimum Gasteiger partial charge on any atom is -0.353 e. The molecule has 2 aromatic carbocycles. The van der Waals surface area contributed by atoms with E-state index in [1.165, 1.54) is 0 Å². The van der Waals surface area contributed by atoms with Gasteiger partial charge in [0.2, 0.25) is 0 Å². The van der Waals surface area contributed by atoms with Crippen LogP contribution in [0.1, 0.15) is 29.8 Å². The topological polar surface area (TPSA) is 65.2 Å². The number of rotatable bonds is 6. The van der Waals surface area contributed by atoms with E-state index in [0.29, 0.717) is 28.4 Å². The predicted molar refractivity (Wildman–Crippen MR) is 107 cm³/mol. The van der Waals surface area contributed by atoms with Crippen LogP contribution in [-0.4, -0.2) is 42.0 Å². The lowest BCUT2D eigenvalue weighted by Gasteiger charge is -2.18. The van der Waals surface area contributed by atoms with Gasteiger partial charge in [0.05, 0.1) is 16.6 Å². The molecule has 0 aliphatic heterocycles. The highest BCUT2D eigenvalue weighted by Crippen LogP contribution is 2.20. The van der Waals surface area contributed by atoms with Crippen LogP contribution < -0.4 is 10.7 Å². The van der Waals surface area contributed by atoms with Crippen molar-refractivity contribution in [1.82, 2.24) is 15.2 Å². The first-order valence-electron chi connectivity index (χ1n) is 9.11. The molecule has 26 heavy (non-hydrogen) atoms. The standard InChI is InChI=1S/C21H25N3O2/c1-4-24(5-2)13-12-22-21(26)17-11-7-10-16-19(17)23-18-14(3)8-6-9-15(18)20(16)25/h6-11H,4-5,12-13H2,1-3H3,(H,22,26)(H,23,25). The highest BCUT2D eigenvalue weighted by atomic mass is 16.1. The molecule has 0 spiro atoms. The lowest BCUT2D eigenvalue weighted by molar-refractivity contribution is 0.0950. The summed E-state index contributed by atoms with van der Waals surface area (Å²) in [5.74, 6) is -0.161. The maximum atomic E-state index is 12.8. The molecule has 3 rings (SSSR count). The smallest absolute Gasteiger partial charge is 0.253 e. The summed E-state index contributed by atoms with van der Waals surface area (Å²) in [6, 6.07) is 10.9. The molecule has 0 saturated carbocycles. The molecule has 0 radical (unpaired) electrons. The highest BCUT2D eigenvalue weighted by Gasteiger charge is 2.14. The molecule has 1 amide bonds. The molecule has 0 bridgehead atoms. The van der Waals surface area contributed by atoms with E-state index in [9.17, 15) is 9.59 Å². The van der Waals surface area contributed by atoms with Gasteiger partial charge >= 0.3 is 0 Å². The van der Waals surface area contributed by atoms with E-state index in [0.717, 1.165) is 30.7 Å². The average molecular weight is 351 g/mol. The molecule has 2 N–H and O–H groups in total. The molecule has 0 fully saturated rings. The lowest BCUT2D eigenvalue weighted by atomic mass is 10.0. The summed E-state index contributed by atoms with van der Waals surface area (Å²) >= 11 is 0. The largest absolute Gasteiger partial charge is 0.353 e. The number of pyridine rings is 1. The number of H-pyrrole nitrogens is 1. The molecule has 5 heteroatoms. The number of nitrogens with one attached hydrogen (secondary N) is 2. The van der Waals surface area contributed by atoms with Crippen molar-refractivity contribution in [3.63, 3.8) is 0 Å². The summed E-state index contributed by atoms with van der Waals surface area (Å²) < 4.78 is 0. The van der Waals surface area contributed by atoms with Gasteiger partial charge in [-0.1, -0.05) is 32.0 Å². The lowest BCUT2D eigenvalue weighted by Crippen LogP contribution is -2.35. The van der Waals surface area contributed by atoms with Crippen molar-refractivity contribution < 1.29 is 4.79 Å². The summed E-state index contributed by atoms with van der Waals surface area (Å²) in [5, 5.41) is 4.16. The molecule has 0 unspecified atom stereocenters. The molecule has 0 atom stereocenters. The number of fused-ring (bicyclic) bond motifs is 2. The molecule has 5 nitrogen and oxygen atoms in total. The van der Waals surface area contributed by atoms with Crippen LogP contribution in [0.25, 0.3) is 21.8 Å². The van der Waals surface area contributed by atoms with E-state index in [1.807, 2.05) is 25.1 Å². The van der Waals surface area contributed by atoms with Crippen molar-refractivity contribution in [2.75, 3.05) is 26.2 Å². The van der Waals surface area contributed by atoms with Crippen molar-refractivity contribution in [3.8, 4) is 0 Å². The van der Waals surface area contributed by atoms with Crippen molar-refractivity contribution in [1.29, 1.82) is 0 Å². The molecule has 136 valence electrons. The average Bonchev–Trinajstić information content (AvgIpc) is 2.66. The van der Waals surface area contributed by atoms with E-state index in [-0.39, 0.29) is 11.3 Å². The normalized spacial score (nSPS) is 11.4. The third-order valence-corrected chi connectivity index (χ3v) is 4.93. The fourth-order valence-electron chi connectivity index (χ4n) is 3.32. The summed E-state index contributed by atoms with van der Waals surface area (Å²) in [6.07, 6.45) is 0. The van der Waals surface area contributed by atoms with Gasteiger partial charge in [0, 0.05) is 23.9 Å². The SMILES string of the molecule is CCN(CC)CCNC(=O)c1cccc2c(=O)c3cccc(C)c3[nH]c12. The van der Waals surface area contributed by atoms with E-state index in [2.05, 4.69) is 29.0 Å². The number of likely N-dealkylation sites (N-methyl/N-ethyl adjacent to an activating group) is 1. The second-order valence-corrected chi connectivity index (χ2v) is 6.46. The number of hydrogen-bond acceptors (Lipinski definition) is 3. The Hall–Kier alpha value is -2.66. The quantitative estimate of drug-likeness (QED) is 0.671. The zero-order chi connectivity index (χ0) is 18.7. The summed E-state index contributed by atoms with van der Waals surface area (Å²) in [6.45, 7) is 9.47. The van der Waals surface area contributed by atoms with Gasteiger partial charge in [-0.2, -0.15) is 0 Å². The number of aromatic amines is 1. The van der Waals surface area contributed by atoms with Crippen LogP contribution in [0, 0.1) is 6.92 Å². The van der Waals surface area contributed by atoms with E-state index >= 15 is 0 Å². The first kappa shape index (κ1) is 18.1. The van der Waals surface area contributed by atoms with Gasteiger partial charge in [0.25, 0.3) is 5.91 Å². The number of carbonyl (C=O) groups is 1. The number of benzene rings is 2. The number of amides is 1. The Balaban J connectivity index is 1.99. The van der Waals surface area contributed by atoms with E-state index < -0.39 is 0 Å². The monoisotopic (exact) mass is 351 g/mol. The zero-order valence-electron chi connectivity index (χ0n) is 15.6. The minimum atomic E-state index is -0.161. The zero-order valence-corrected chi connectivity index (χ0v) is 15.6. The Kier molecular flexibility index (Phi) is 5.38. The van der Waals surface area contributed by atoms with Crippen molar-refractivity contribution in [2.45, 2.75) is 20.8 Å². The first-order chi connectivity index (χ1) is 12.6. The van der Waals surface area contributed by atoms with Crippen LogP contribution in [0.3, 0.4) is 0 Å². The van der Waals surface area contributed by atoms with Crippen molar-refractivity contribution in [3.05, 3.63) is 57.7 Å². The number of hydrogen-bond donors (Lipinski definition) is 2. The van der Waals surface area contributed by atoms with Crippen LogP contribution in [0.5, 0.6) is 0 Å². The molecule has 3 aromatic rings. The molecule has 1 heterocycles. The predicted octanol–water partition coefficient (Wildman–Crippen LogP) is 3.06. The second kappa shape index (κ2) is 7.70. The highest BCUT2D eigenvalue weighted by molar-refractivity contribution is 6.07. The molecule has 0 aliphatic rings. The van der Waals surface area contributed by atoms with Crippen molar-refractivity contribution >= 4 is 27.7 Å². The third-order valence-electron chi connectivity index (χ3n) is 4.93. The summed E-state index contributed by atoms with van der Waals surface area (Å²) in [7, 11) is 0. The van der Waals surface area contributed by atoms with Gasteiger partial charge in [-0.3, -0.25) is 9.59 Å². The van der Waals surface area contributed by atoms with Gasteiger partial charge in [-0.15, -0.1) is 0 Å². The Morgan fingerprint density at radius 2 is 1.69 bits per heavy atom. The van der Waals surface area contributed by atoms with Crippen LogP contribution >= 0.6 is 0 Å². The number of aryl methyl sites for hydroxylation is 1. The Labute approximate surface area is 153 Å². The van der Waals surface area contributed by atoms with Gasteiger partial charge in [-0.05, 0) is 43.8 Å². The van der Waals surface area contributed by atoms with E-state index in [1.54, 1.807) is 18.2 Å². The minimum absolute atomic E-state index is 0.0461. The van der Waals surface area contributed by atoms with Gasteiger partial charge in [0.15, 0.2) is 5.43 Å². The number of carbonyl (C=O) groups excluding carboxylic acids is 1. The van der Waals surface area contributed by atoms with Gasteiger partial charge in [0.1, 0.15) is 0 Å². The third kappa shape index (κ3) is 3.35. The summed E-state index contributed by atoms with van der Waals surface area (Å²) in [4.78, 5) is 31.1. The number of aromatic nitrogens is 1. The summed E-state index contributed by atoms with van der Waals surface area (Å²) in [5.41, 5.74) is 2.82. The molecule has 1 aromatic heterocycles. The van der Waals surface area contributed by atoms with Crippen LogP contribution in [-0.2, 0) is 0 Å². The van der Waals surface area contributed by atoms with Crippen LogP contribution in [0.4, 0.5) is 0 Å².